The lowest BCUT2D eigenvalue weighted by Gasteiger charge is -2.33. The van der Waals surface area contributed by atoms with Gasteiger partial charge in [-0.15, -0.1) is 0 Å². The highest BCUT2D eigenvalue weighted by molar-refractivity contribution is 7.89. The first-order chi connectivity index (χ1) is 8.96. The molecule has 0 aliphatic carbocycles. The molecule has 1 atom stereocenters. The predicted octanol–water partition coefficient (Wildman–Crippen LogP) is 1.98. The molecule has 1 aliphatic heterocycles. The summed E-state index contributed by atoms with van der Waals surface area (Å²) in [6.07, 6.45) is 2.42. The third kappa shape index (κ3) is 2.91. The Morgan fingerprint density at radius 2 is 2.16 bits per heavy atom. The zero-order chi connectivity index (χ0) is 14.0. The molecule has 2 rings (SSSR count). The van der Waals surface area contributed by atoms with E-state index >= 15 is 0 Å². The molecule has 4 nitrogen and oxygen atoms in total. The first-order valence-corrected chi connectivity index (χ1v) is 7.95. The first kappa shape index (κ1) is 14.7. The van der Waals surface area contributed by atoms with Crippen LogP contribution >= 0.6 is 11.6 Å². The Morgan fingerprint density at radius 3 is 2.79 bits per heavy atom. The maximum absolute atomic E-state index is 13.8. The van der Waals surface area contributed by atoms with Crippen LogP contribution in [0.15, 0.2) is 23.1 Å². The molecule has 1 heterocycles. The summed E-state index contributed by atoms with van der Waals surface area (Å²) in [5, 5.41) is 0.172. The molecule has 1 aromatic carbocycles. The number of hydrogen-bond donors (Lipinski definition) is 1. The maximum Gasteiger partial charge on any atom is 0.246 e. The summed E-state index contributed by atoms with van der Waals surface area (Å²) in [5.41, 5.74) is 5.61. The zero-order valence-electron chi connectivity index (χ0n) is 10.4. The van der Waals surface area contributed by atoms with E-state index in [1.54, 1.807) is 0 Å². The van der Waals surface area contributed by atoms with Gasteiger partial charge in [0.2, 0.25) is 10.0 Å². The van der Waals surface area contributed by atoms with Gasteiger partial charge in [0.15, 0.2) is 0 Å². The van der Waals surface area contributed by atoms with Gasteiger partial charge in [-0.2, -0.15) is 4.31 Å². The van der Waals surface area contributed by atoms with Crippen LogP contribution < -0.4 is 5.73 Å². The quantitative estimate of drug-likeness (QED) is 0.929. The van der Waals surface area contributed by atoms with Crippen molar-refractivity contribution < 1.29 is 12.8 Å². The Bertz CT molecular complexity index is 565. The van der Waals surface area contributed by atoms with Crippen molar-refractivity contribution in [1.82, 2.24) is 4.31 Å². The molecule has 106 valence electrons. The van der Waals surface area contributed by atoms with Crippen LogP contribution in [0, 0.1) is 5.82 Å². The summed E-state index contributed by atoms with van der Waals surface area (Å²) < 4.78 is 40.1. The van der Waals surface area contributed by atoms with Gasteiger partial charge in [0.05, 0.1) is 0 Å². The number of piperidine rings is 1. The van der Waals surface area contributed by atoms with E-state index in [1.807, 2.05) is 0 Å². The molecule has 0 spiro atoms. The van der Waals surface area contributed by atoms with Gasteiger partial charge in [-0.05, 0) is 31.0 Å². The number of nitrogens with two attached hydrogens (primary N) is 1. The third-order valence-corrected chi connectivity index (χ3v) is 5.55. The van der Waals surface area contributed by atoms with Crippen LogP contribution in [0.5, 0.6) is 0 Å². The Labute approximate surface area is 117 Å². The number of sulfonamides is 1. The van der Waals surface area contributed by atoms with E-state index in [4.69, 9.17) is 17.3 Å². The van der Waals surface area contributed by atoms with Crippen molar-refractivity contribution in [1.29, 1.82) is 0 Å². The SMILES string of the molecule is NC[C@@H]1CCCCN1S(=O)(=O)c1ccc(Cl)cc1F. The first-order valence-electron chi connectivity index (χ1n) is 6.14. The minimum Gasteiger partial charge on any atom is -0.329 e. The van der Waals surface area contributed by atoms with Crippen LogP contribution in [0.3, 0.4) is 0 Å². The van der Waals surface area contributed by atoms with Gasteiger partial charge in [0.1, 0.15) is 10.7 Å². The molecule has 7 heteroatoms. The van der Waals surface area contributed by atoms with Crippen molar-refractivity contribution in [3.8, 4) is 0 Å². The number of rotatable bonds is 3. The monoisotopic (exact) mass is 306 g/mol. The van der Waals surface area contributed by atoms with Crippen molar-refractivity contribution in [2.45, 2.75) is 30.2 Å². The molecule has 0 radical (unpaired) electrons. The van der Waals surface area contributed by atoms with Crippen molar-refractivity contribution in [3.63, 3.8) is 0 Å². The summed E-state index contributed by atoms with van der Waals surface area (Å²) in [6, 6.07) is 3.33. The fourth-order valence-corrected chi connectivity index (χ4v) is 4.25. The molecule has 0 amide bonds. The summed E-state index contributed by atoms with van der Waals surface area (Å²) in [4.78, 5) is -0.336. The molecule has 1 aromatic rings. The van der Waals surface area contributed by atoms with Crippen LogP contribution in [0.1, 0.15) is 19.3 Å². The van der Waals surface area contributed by atoms with Gasteiger partial charge < -0.3 is 5.73 Å². The fraction of sp³-hybridized carbons (Fsp3) is 0.500. The Kier molecular flexibility index (Phi) is 4.45. The van der Waals surface area contributed by atoms with E-state index in [0.29, 0.717) is 13.0 Å². The normalized spacial score (nSPS) is 21.5. The standard InChI is InChI=1S/C12H16ClFN2O2S/c13-9-4-5-12(11(14)7-9)19(17,18)16-6-2-1-3-10(16)8-15/h4-5,7,10H,1-3,6,8,15H2/t10-/m0/s1. The van der Waals surface area contributed by atoms with E-state index < -0.39 is 15.8 Å². The Balaban J connectivity index is 2.40. The largest absolute Gasteiger partial charge is 0.329 e. The highest BCUT2D eigenvalue weighted by Gasteiger charge is 2.34. The Hall–Kier alpha value is -0.690. The second-order valence-electron chi connectivity index (χ2n) is 4.58. The summed E-state index contributed by atoms with van der Waals surface area (Å²) in [6.45, 7) is 0.626. The number of halogens is 2. The van der Waals surface area contributed by atoms with Gasteiger partial charge in [0, 0.05) is 24.2 Å². The van der Waals surface area contributed by atoms with E-state index in [9.17, 15) is 12.8 Å². The highest BCUT2D eigenvalue weighted by atomic mass is 35.5. The zero-order valence-corrected chi connectivity index (χ0v) is 11.9. The lowest BCUT2D eigenvalue weighted by Crippen LogP contribution is -2.47. The van der Waals surface area contributed by atoms with Crippen molar-refractivity contribution >= 4 is 21.6 Å². The van der Waals surface area contributed by atoms with Gasteiger partial charge >= 0.3 is 0 Å². The minimum absolute atomic E-state index is 0.172. The molecule has 1 fully saturated rings. The van der Waals surface area contributed by atoms with E-state index in [-0.39, 0.29) is 22.5 Å². The number of hydrogen-bond acceptors (Lipinski definition) is 3. The second kappa shape index (κ2) is 5.75. The third-order valence-electron chi connectivity index (χ3n) is 3.33. The van der Waals surface area contributed by atoms with Crippen LogP contribution in [0.4, 0.5) is 4.39 Å². The van der Waals surface area contributed by atoms with E-state index in [2.05, 4.69) is 0 Å². The highest BCUT2D eigenvalue weighted by Crippen LogP contribution is 2.27. The summed E-state index contributed by atoms with van der Waals surface area (Å²) >= 11 is 5.64. The minimum atomic E-state index is -3.85. The van der Waals surface area contributed by atoms with Crippen LogP contribution in [-0.2, 0) is 10.0 Å². The number of benzene rings is 1. The van der Waals surface area contributed by atoms with Crippen LogP contribution in [0.2, 0.25) is 5.02 Å². The summed E-state index contributed by atoms with van der Waals surface area (Å²) in [5.74, 6) is -0.825. The summed E-state index contributed by atoms with van der Waals surface area (Å²) in [7, 11) is -3.85. The smallest absolute Gasteiger partial charge is 0.246 e. The van der Waals surface area contributed by atoms with Gasteiger partial charge in [-0.3, -0.25) is 0 Å². The van der Waals surface area contributed by atoms with Crippen molar-refractivity contribution in [3.05, 3.63) is 29.0 Å². The molecule has 19 heavy (non-hydrogen) atoms. The van der Waals surface area contributed by atoms with Crippen molar-refractivity contribution in [2.24, 2.45) is 5.73 Å². The molecular weight excluding hydrogens is 291 g/mol. The van der Waals surface area contributed by atoms with Gasteiger partial charge in [-0.25, -0.2) is 12.8 Å². The average Bonchev–Trinajstić information content (AvgIpc) is 2.38. The van der Waals surface area contributed by atoms with E-state index in [1.165, 1.54) is 16.4 Å². The average molecular weight is 307 g/mol. The lowest BCUT2D eigenvalue weighted by atomic mass is 10.1. The number of nitrogens with zero attached hydrogens (tertiary/aromatic N) is 1. The van der Waals surface area contributed by atoms with Crippen LogP contribution in [-0.4, -0.2) is 31.9 Å². The molecule has 1 saturated heterocycles. The molecule has 0 bridgehead atoms. The maximum atomic E-state index is 13.8. The van der Waals surface area contributed by atoms with Crippen molar-refractivity contribution in [2.75, 3.05) is 13.1 Å². The molecule has 1 aliphatic rings. The molecule has 0 saturated carbocycles. The Morgan fingerprint density at radius 1 is 1.42 bits per heavy atom. The molecule has 0 aromatic heterocycles. The van der Waals surface area contributed by atoms with Gasteiger partial charge in [-0.1, -0.05) is 18.0 Å². The topological polar surface area (TPSA) is 63.4 Å². The van der Waals surface area contributed by atoms with Crippen LogP contribution in [0.25, 0.3) is 0 Å². The predicted molar refractivity (Wildman–Crippen MR) is 72.0 cm³/mol. The second-order valence-corrected chi connectivity index (χ2v) is 6.87. The molecule has 2 N–H and O–H groups in total. The molecule has 0 unspecified atom stereocenters. The van der Waals surface area contributed by atoms with Gasteiger partial charge in [0.25, 0.3) is 0 Å². The lowest BCUT2D eigenvalue weighted by molar-refractivity contribution is 0.257. The van der Waals surface area contributed by atoms with E-state index in [0.717, 1.165) is 18.9 Å². The fourth-order valence-electron chi connectivity index (χ4n) is 2.34. The molecular formula is C12H16ClFN2O2S.